The molecule has 0 bridgehead atoms. The van der Waals surface area contributed by atoms with Gasteiger partial charge in [-0.3, -0.25) is 14.4 Å². The SMILES string of the molecule is CC(=O)[C@@H]1CC[C@H]2[C@H]3CCC4=CC(=O)CC[C@]4(COC(=O)CCC(=O)[O-])[C@@H]3CC[C@]12C. The molecule has 0 heterocycles. The van der Waals surface area contributed by atoms with Crippen LogP contribution in [0, 0.1) is 34.5 Å². The number of Topliss-reactive ketones (excluding diaryl/α,β-unsaturated/α-hetero) is 1. The summed E-state index contributed by atoms with van der Waals surface area (Å²) < 4.78 is 5.64. The third-order valence-electron chi connectivity index (χ3n) is 9.20. The van der Waals surface area contributed by atoms with Crippen molar-refractivity contribution in [2.75, 3.05) is 6.61 Å². The maximum Gasteiger partial charge on any atom is 0.306 e. The second-order valence-corrected chi connectivity index (χ2v) is 10.5. The Labute approximate surface area is 183 Å². The lowest BCUT2D eigenvalue weighted by molar-refractivity contribution is -0.305. The quantitative estimate of drug-likeness (QED) is 0.602. The van der Waals surface area contributed by atoms with Gasteiger partial charge in [0.25, 0.3) is 0 Å². The van der Waals surface area contributed by atoms with E-state index in [4.69, 9.17) is 4.74 Å². The van der Waals surface area contributed by atoms with Crippen molar-refractivity contribution < 1.29 is 29.0 Å². The maximum atomic E-state index is 12.3. The first kappa shape index (κ1) is 22.2. The predicted molar refractivity (Wildman–Crippen MR) is 110 cm³/mol. The van der Waals surface area contributed by atoms with E-state index in [0.29, 0.717) is 36.4 Å². The number of carboxylic acids is 1. The van der Waals surface area contributed by atoms with Crippen molar-refractivity contribution in [3.8, 4) is 0 Å². The van der Waals surface area contributed by atoms with Crippen LogP contribution < -0.4 is 5.11 Å². The summed E-state index contributed by atoms with van der Waals surface area (Å²) >= 11 is 0. The van der Waals surface area contributed by atoms with E-state index in [0.717, 1.165) is 44.1 Å². The number of esters is 1. The van der Waals surface area contributed by atoms with Crippen molar-refractivity contribution in [3.63, 3.8) is 0 Å². The standard InChI is InChI=1S/C25H34O6/c1-15(26)19-5-6-20-18-4-3-16-13-17(27)9-12-25(16,21(18)10-11-24(19,20)2)14-31-23(30)8-7-22(28)29/h13,18-21H,3-12,14H2,1-2H3,(H,28,29)/p-1/t18-,19+,20+,21-,24-,25-/m1/s1. The van der Waals surface area contributed by atoms with E-state index >= 15 is 0 Å². The lowest BCUT2D eigenvalue weighted by Gasteiger charge is -2.58. The second-order valence-electron chi connectivity index (χ2n) is 10.5. The molecule has 31 heavy (non-hydrogen) atoms. The fourth-order valence-electron chi connectivity index (χ4n) is 7.79. The second kappa shape index (κ2) is 8.18. The van der Waals surface area contributed by atoms with Crippen LogP contribution in [-0.2, 0) is 23.9 Å². The summed E-state index contributed by atoms with van der Waals surface area (Å²) in [5.74, 6) is 0.102. The summed E-state index contributed by atoms with van der Waals surface area (Å²) in [7, 11) is 0. The van der Waals surface area contributed by atoms with Crippen LogP contribution in [-0.4, -0.2) is 30.1 Å². The van der Waals surface area contributed by atoms with E-state index in [1.54, 1.807) is 13.0 Å². The average molecular weight is 430 g/mol. The molecule has 6 atom stereocenters. The number of hydrogen-bond acceptors (Lipinski definition) is 6. The molecule has 3 saturated carbocycles. The van der Waals surface area contributed by atoms with Crippen molar-refractivity contribution in [2.45, 2.75) is 78.1 Å². The van der Waals surface area contributed by atoms with Crippen LogP contribution in [0.15, 0.2) is 11.6 Å². The Hall–Kier alpha value is -1.98. The van der Waals surface area contributed by atoms with Gasteiger partial charge in [-0.15, -0.1) is 0 Å². The molecule has 0 spiro atoms. The molecule has 0 aromatic heterocycles. The first-order chi connectivity index (χ1) is 14.7. The lowest BCUT2D eigenvalue weighted by Crippen LogP contribution is -2.53. The lowest BCUT2D eigenvalue weighted by atomic mass is 9.46. The number of carboxylic acid groups (broad SMARTS) is 1. The number of aliphatic carboxylic acids is 1. The van der Waals surface area contributed by atoms with Gasteiger partial charge >= 0.3 is 5.97 Å². The van der Waals surface area contributed by atoms with Gasteiger partial charge in [-0.05, 0) is 87.5 Å². The molecule has 0 amide bonds. The third kappa shape index (κ3) is 3.76. The van der Waals surface area contributed by atoms with Crippen LogP contribution in [0.5, 0.6) is 0 Å². The molecule has 0 aliphatic heterocycles. The maximum absolute atomic E-state index is 12.3. The van der Waals surface area contributed by atoms with Crippen LogP contribution in [0.2, 0.25) is 0 Å². The van der Waals surface area contributed by atoms with E-state index < -0.39 is 11.9 Å². The Kier molecular flexibility index (Phi) is 5.86. The van der Waals surface area contributed by atoms with Crippen LogP contribution in [0.1, 0.15) is 78.1 Å². The van der Waals surface area contributed by atoms with Gasteiger partial charge in [0, 0.05) is 23.7 Å². The van der Waals surface area contributed by atoms with Gasteiger partial charge in [0.2, 0.25) is 0 Å². The van der Waals surface area contributed by atoms with Gasteiger partial charge in [0.15, 0.2) is 5.78 Å². The fourth-order valence-corrected chi connectivity index (χ4v) is 7.79. The first-order valence-corrected chi connectivity index (χ1v) is 11.8. The van der Waals surface area contributed by atoms with Crippen molar-refractivity contribution in [2.24, 2.45) is 34.5 Å². The van der Waals surface area contributed by atoms with E-state index in [1.807, 2.05) is 0 Å². The van der Waals surface area contributed by atoms with E-state index in [9.17, 15) is 24.3 Å². The normalized spacial score (nSPS) is 39.0. The first-order valence-electron chi connectivity index (χ1n) is 11.8. The molecule has 3 fully saturated rings. The van der Waals surface area contributed by atoms with Gasteiger partial charge < -0.3 is 14.6 Å². The molecular weight excluding hydrogens is 396 g/mol. The smallest absolute Gasteiger partial charge is 0.306 e. The predicted octanol–water partition coefficient (Wildman–Crippen LogP) is 2.78. The number of ketones is 2. The Balaban J connectivity index is 1.59. The van der Waals surface area contributed by atoms with Gasteiger partial charge in [-0.2, -0.15) is 0 Å². The highest BCUT2D eigenvalue weighted by Crippen LogP contribution is 2.66. The van der Waals surface area contributed by atoms with Crippen LogP contribution >= 0.6 is 0 Å². The molecule has 0 N–H and O–H groups in total. The Morgan fingerprint density at radius 2 is 1.84 bits per heavy atom. The topological polar surface area (TPSA) is 101 Å². The molecule has 0 unspecified atom stereocenters. The zero-order valence-electron chi connectivity index (χ0n) is 18.6. The average Bonchev–Trinajstić information content (AvgIpc) is 3.08. The summed E-state index contributed by atoms with van der Waals surface area (Å²) in [5.41, 5.74) is 0.830. The van der Waals surface area contributed by atoms with Gasteiger partial charge in [-0.1, -0.05) is 12.5 Å². The molecule has 6 nitrogen and oxygen atoms in total. The molecule has 0 radical (unpaired) electrons. The molecule has 0 aromatic carbocycles. The van der Waals surface area contributed by atoms with Crippen molar-refractivity contribution >= 4 is 23.5 Å². The number of rotatable bonds is 6. The fraction of sp³-hybridized carbons (Fsp3) is 0.760. The summed E-state index contributed by atoms with van der Waals surface area (Å²) in [6, 6.07) is 0. The van der Waals surface area contributed by atoms with Crippen LogP contribution in [0.25, 0.3) is 0 Å². The van der Waals surface area contributed by atoms with E-state index in [2.05, 4.69) is 6.92 Å². The summed E-state index contributed by atoms with van der Waals surface area (Å²) in [6.07, 6.45) is 8.26. The van der Waals surface area contributed by atoms with E-state index in [-0.39, 0.29) is 42.0 Å². The number of hydrogen-bond donors (Lipinski definition) is 0. The number of carbonyl (C=O) groups is 4. The highest BCUT2D eigenvalue weighted by molar-refractivity contribution is 5.91. The number of ether oxygens (including phenoxy) is 1. The third-order valence-corrected chi connectivity index (χ3v) is 9.20. The molecule has 0 saturated heterocycles. The monoisotopic (exact) mass is 429 g/mol. The minimum absolute atomic E-state index is 0.0467. The highest BCUT2D eigenvalue weighted by Gasteiger charge is 2.61. The number of fused-ring (bicyclic) bond motifs is 5. The molecule has 4 aliphatic carbocycles. The summed E-state index contributed by atoms with van der Waals surface area (Å²) in [6.45, 7) is 4.25. The molecule has 4 rings (SSSR count). The van der Waals surface area contributed by atoms with Gasteiger partial charge in [0.05, 0.1) is 6.42 Å². The minimum atomic E-state index is -1.26. The van der Waals surface area contributed by atoms with Crippen molar-refractivity contribution in [1.82, 2.24) is 0 Å². The summed E-state index contributed by atoms with van der Waals surface area (Å²) in [4.78, 5) is 47.4. The molecule has 170 valence electrons. The molecular formula is C25H33O6-. The molecule has 4 aliphatic rings. The van der Waals surface area contributed by atoms with Gasteiger partial charge in [0.1, 0.15) is 12.4 Å². The zero-order chi connectivity index (χ0) is 22.4. The summed E-state index contributed by atoms with van der Waals surface area (Å²) in [5, 5.41) is 10.7. The van der Waals surface area contributed by atoms with E-state index in [1.165, 1.54) is 0 Å². The van der Waals surface area contributed by atoms with Gasteiger partial charge in [-0.25, -0.2) is 0 Å². The Morgan fingerprint density at radius 3 is 2.55 bits per heavy atom. The molecule has 0 aromatic rings. The largest absolute Gasteiger partial charge is 0.550 e. The Bertz CT molecular complexity index is 828. The zero-order valence-corrected chi connectivity index (χ0v) is 18.6. The van der Waals surface area contributed by atoms with Crippen molar-refractivity contribution in [3.05, 3.63) is 11.6 Å². The van der Waals surface area contributed by atoms with Crippen LogP contribution in [0.3, 0.4) is 0 Å². The van der Waals surface area contributed by atoms with Crippen molar-refractivity contribution in [1.29, 1.82) is 0 Å². The van der Waals surface area contributed by atoms with Crippen LogP contribution in [0.4, 0.5) is 0 Å². The number of carbonyl (C=O) groups excluding carboxylic acids is 4. The highest BCUT2D eigenvalue weighted by atomic mass is 16.5. The molecule has 6 heteroatoms. The minimum Gasteiger partial charge on any atom is -0.550 e. The Morgan fingerprint density at radius 1 is 1.06 bits per heavy atom.